The fraction of sp³-hybridized carbons (Fsp3) is 0.786. The molecule has 2 heterocycles. The second-order valence-electron chi connectivity index (χ2n) is 5.90. The molecule has 2 fully saturated rings. The van der Waals surface area contributed by atoms with E-state index in [9.17, 15) is 0 Å². The van der Waals surface area contributed by atoms with Crippen molar-refractivity contribution in [3.05, 3.63) is 17.5 Å². The van der Waals surface area contributed by atoms with Gasteiger partial charge in [0, 0.05) is 30.9 Å². The molecule has 1 aliphatic carbocycles. The van der Waals surface area contributed by atoms with Crippen molar-refractivity contribution in [1.29, 1.82) is 0 Å². The van der Waals surface area contributed by atoms with Gasteiger partial charge in [0.05, 0.1) is 5.69 Å². The average molecular weight is 248 g/mol. The summed E-state index contributed by atoms with van der Waals surface area (Å²) < 4.78 is 1.94. The van der Waals surface area contributed by atoms with Crippen LogP contribution in [0.4, 0.5) is 0 Å². The standard InChI is InChI=1S/C14H24N4/c1-10-13(9-17(2)16-10)14-11(8-15)4-3-7-18(14)12-5-6-12/h9,11-12,14H,3-8,15H2,1-2H3. The Hall–Kier alpha value is -0.870. The highest BCUT2D eigenvalue weighted by Gasteiger charge is 2.41. The van der Waals surface area contributed by atoms with Crippen LogP contribution in [0.5, 0.6) is 0 Å². The molecule has 1 aromatic heterocycles. The van der Waals surface area contributed by atoms with Gasteiger partial charge in [-0.05, 0) is 51.6 Å². The maximum atomic E-state index is 6.02. The summed E-state index contributed by atoms with van der Waals surface area (Å²) in [6, 6.07) is 1.31. The number of hydrogen-bond acceptors (Lipinski definition) is 3. The fourth-order valence-corrected chi connectivity index (χ4v) is 3.51. The molecule has 0 amide bonds. The Morgan fingerprint density at radius 2 is 2.17 bits per heavy atom. The predicted molar refractivity (Wildman–Crippen MR) is 72.2 cm³/mol. The van der Waals surface area contributed by atoms with Crippen LogP contribution in [0.3, 0.4) is 0 Å². The van der Waals surface area contributed by atoms with E-state index in [1.54, 1.807) is 0 Å². The molecule has 100 valence electrons. The van der Waals surface area contributed by atoms with Crippen molar-refractivity contribution < 1.29 is 0 Å². The first kappa shape index (κ1) is 12.2. The Morgan fingerprint density at radius 1 is 1.39 bits per heavy atom. The van der Waals surface area contributed by atoms with Crippen LogP contribution in [0, 0.1) is 12.8 Å². The highest BCUT2D eigenvalue weighted by molar-refractivity contribution is 5.23. The Balaban J connectivity index is 1.94. The minimum Gasteiger partial charge on any atom is -0.330 e. The highest BCUT2D eigenvalue weighted by atomic mass is 15.3. The van der Waals surface area contributed by atoms with Crippen LogP contribution in [0.1, 0.15) is 43.0 Å². The normalized spacial score (nSPS) is 29.7. The molecule has 2 atom stereocenters. The summed E-state index contributed by atoms with van der Waals surface area (Å²) in [5.41, 5.74) is 8.59. The molecule has 2 aliphatic rings. The number of nitrogens with zero attached hydrogens (tertiary/aromatic N) is 3. The molecule has 1 aromatic rings. The van der Waals surface area contributed by atoms with E-state index in [1.807, 2.05) is 11.7 Å². The number of rotatable bonds is 3. The predicted octanol–water partition coefficient (Wildman–Crippen LogP) is 1.60. The first-order chi connectivity index (χ1) is 8.70. The van der Waals surface area contributed by atoms with Gasteiger partial charge in [-0.1, -0.05) is 0 Å². The molecule has 1 saturated heterocycles. The third kappa shape index (κ3) is 2.08. The molecule has 0 aromatic carbocycles. The second kappa shape index (κ2) is 4.67. The summed E-state index contributed by atoms with van der Waals surface area (Å²) in [5.74, 6) is 0.599. The highest BCUT2D eigenvalue weighted by Crippen LogP contribution is 2.43. The zero-order chi connectivity index (χ0) is 12.7. The summed E-state index contributed by atoms with van der Waals surface area (Å²) in [6.45, 7) is 4.16. The SMILES string of the molecule is Cc1nn(C)cc1C1C(CN)CCCN1C1CC1. The molecule has 1 saturated carbocycles. The number of aromatic nitrogens is 2. The van der Waals surface area contributed by atoms with Crippen molar-refractivity contribution in [3.63, 3.8) is 0 Å². The molecule has 4 heteroatoms. The lowest BCUT2D eigenvalue weighted by molar-refractivity contribution is 0.0875. The maximum Gasteiger partial charge on any atom is 0.0641 e. The summed E-state index contributed by atoms with van der Waals surface area (Å²) in [4.78, 5) is 2.70. The summed E-state index contributed by atoms with van der Waals surface area (Å²) in [7, 11) is 2.01. The van der Waals surface area contributed by atoms with E-state index < -0.39 is 0 Å². The molecule has 0 bridgehead atoms. The molecule has 2 unspecified atom stereocenters. The van der Waals surface area contributed by atoms with Gasteiger partial charge in [0.1, 0.15) is 0 Å². The Morgan fingerprint density at radius 3 is 2.72 bits per heavy atom. The van der Waals surface area contributed by atoms with Gasteiger partial charge in [-0.15, -0.1) is 0 Å². The van der Waals surface area contributed by atoms with E-state index >= 15 is 0 Å². The topological polar surface area (TPSA) is 47.1 Å². The molecule has 3 rings (SSSR count). The Kier molecular flexibility index (Phi) is 3.16. The van der Waals surface area contributed by atoms with Gasteiger partial charge in [-0.25, -0.2) is 0 Å². The number of aryl methyl sites for hydroxylation is 2. The zero-order valence-corrected chi connectivity index (χ0v) is 11.5. The maximum absolute atomic E-state index is 6.02. The van der Waals surface area contributed by atoms with Crippen LogP contribution in [0.2, 0.25) is 0 Å². The monoisotopic (exact) mass is 248 g/mol. The lowest BCUT2D eigenvalue weighted by Gasteiger charge is -2.41. The van der Waals surface area contributed by atoms with Gasteiger partial charge in [-0.2, -0.15) is 5.10 Å². The van der Waals surface area contributed by atoms with Gasteiger partial charge < -0.3 is 5.73 Å². The van der Waals surface area contributed by atoms with Crippen molar-refractivity contribution in [3.8, 4) is 0 Å². The van der Waals surface area contributed by atoms with Crippen LogP contribution < -0.4 is 5.73 Å². The van der Waals surface area contributed by atoms with E-state index in [0.29, 0.717) is 12.0 Å². The number of nitrogens with two attached hydrogens (primary N) is 1. The van der Waals surface area contributed by atoms with E-state index in [2.05, 4.69) is 23.1 Å². The molecule has 0 spiro atoms. The largest absolute Gasteiger partial charge is 0.330 e. The minimum absolute atomic E-state index is 0.505. The van der Waals surface area contributed by atoms with E-state index in [4.69, 9.17) is 5.73 Å². The second-order valence-corrected chi connectivity index (χ2v) is 5.90. The first-order valence-electron chi connectivity index (χ1n) is 7.16. The molecule has 4 nitrogen and oxygen atoms in total. The van der Waals surface area contributed by atoms with Gasteiger partial charge in [0.2, 0.25) is 0 Å². The van der Waals surface area contributed by atoms with E-state index in [0.717, 1.165) is 12.6 Å². The summed E-state index contributed by atoms with van der Waals surface area (Å²) in [5, 5.41) is 4.52. The third-order valence-corrected chi connectivity index (χ3v) is 4.48. The quantitative estimate of drug-likeness (QED) is 0.884. The molecule has 2 N–H and O–H groups in total. The lowest BCUT2D eigenvalue weighted by Crippen LogP contribution is -2.42. The van der Waals surface area contributed by atoms with Crippen LogP contribution in [0.15, 0.2) is 6.20 Å². The van der Waals surface area contributed by atoms with Crippen LogP contribution in [-0.2, 0) is 7.05 Å². The smallest absolute Gasteiger partial charge is 0.0641 e. The molecule has 18 heavy (non-hydrogen) atoms. The lowest BCUT2D eigenvalue weighted by atomic mass is 9.84. The van der Waals surface area contributed by atoms with Crippen LogP contribution >= 0.6 is 0 Å². The fourth-order valence-electron chi connectivity index (χ4n) is 3.51. The minimum atomic E-state index is 0.505. The number of likely N-dealkylation sites (tertiary alicyclic amines) is 1. The zero-order valence-electron chi connectivity index (χ0n) is 11.5. The van der Waals surface area contributed by atoms with Crippen LogP contribution in [0.25, 0.3) is 0 Å². The van der Waals surface area contributed by atoms with Crippen LogP contribution in [-0.4, -0.2) is 33.8 Å². The number of hydrogen-bond donors (Lipinski definition) is 1. The van der Waals surface area contributed by atoms with Gasteiger partial charge in [0.15, 0.2) is 0 Å². The van der Waals surface area contributed by atoms with Crippen molar-refractivity contribution in [2.45, 2.75) is 44.7 Å². The summed E-state index contributed by atoms with van der Waals surface area (Å²) in [6.07, 6.45) is 7.50. The van der Waals surface area contributed by atoms with Crippen molar-refractivity contribution in [2.24, 2.45) is 18.7 Å². The number of piperidine rings is 1. The molecular formula is C14H24N4. The summed E-state index contributed by atoms with van der Waals surface area (Å²) >= 11 is 0. The molecule has 1 aliphatic heterocycles. The Labute approximate surface area is 109 Å². The molecular weight excluding hydrogens is 224 g/mol. The average Bonchev–Trinajstić information content (AvgIpc) is 3.14. The van der Waals surface area contributed by atoms with Gasteiger partial charge in [-0.3, -0.25) is 9.58 Å². The van der Waals surface area contributed by atoms with Crippen molar-refractivity contribution >= 4 is 0 Å². The first-order valence-corrected chi connectivity index (χ1v) is 7.16. The van der Waals surface area contributed by atoms with Gasteiger partial charge >= 0.3 is 0 Å². The van der Waals surface area contributed by atoms with Gasteiger partial charge in [0.25, 0.3) is 0 Å². The van der Waals surface area contributed by atoms with E-state index in [-0.39, 0.29) is 0 Å². The van der Waals surface area contributed by atoms with E-state index in [1.165, 1.54) is 43.5 Å². The van der Waals surface area contributed by atoms with Crippen molar-refractivity contribution in [1.82, 2.24) is 14.7 Å². The Bertz CT molecular complexity index is 421. The van der Waals surface area contributed by atoms with Crippen molar-refractivity contribution in [2.75, 3.05) is 13.1 Å². The third-order valence-electron chi connectivity index (χ3n) is 4.48. The molecule has 0 radical (unpaired) electrons.